The first-order chi connectivity index (χ1) is 45.6. The molecule has 0 saturated carbocycles. The zero-order chi connectivity index (χ0) is 67.5. The lowest BCUT2D eigenvalue weighted by Crippen LogP contribution is -2.40. The van der Waals surface area contributed by atoms with Crippen molar-refractivity contribution in [3.63, 3.8) is 0 Å². The number of hydrogen-bond acceptors (Lipinski definition) is 7. The van der Waals surface area contributed by atoms with Crippen LogP contribution in [0.15, 0.2) is 36.5 Å². The van der Waals surface area contributed by atoms with Crippen LogP contribution < -0.4 is 0 Å². The highest BCUT2D eigenvalue weighted by atomic mass is 16.7. The molecule has 0 aliphatic carbocycles. The molecule has 0 fully saturated rings. The Morgan fingerprint density at radius 1 is 0.323 bits per heavy atom. The first-order valence-corrected chi connectivity index (χ1v) is 41.2. The number of rotatable bonds is 78. The first-order valence-electron chi connectivity index (χ1n) is 41.2. The Balaban J connectivity index is 3.92. The normalized spacial score (nSPS) is 12.7. The topological polar surface area (TPSA) is 108 Å². The van der Waals surface area contributed by atoms with Crippen molar-refractivity contribution in [2.75, 3.05) is 47.5 Å². The van der Waals surface area contributed by atoms with E-state index in [9.17, 15) is 19.5 Å². The number of nitrogens with zero attached hydrogens (tertiary/aromatic N) is 1. The van der Waals surface area contributed by atoms with Crippen LogP contribution in [-0.4, -0.2) is 87.4 Å². The average Bonchev–Trinajstić information content (AvgIpc) is 3.38. The van der Waals surface area contributed by atoms with E-state index in [1.165, 1.54) is 347 Å². The maximum Gasteiger partial charge on any atom is 0.361 e. The van der Waals surface area contributed by atoms with Gasteiger partial charge in [-0.05, 0) is 51.4 Å². The molecule has 0 radical (unpaired) electrons. The van der Waals surface area contributed by atoms with Crippen LogP contribution in [0.2, 0.25) is 0 Å². The molecule has 9 nitrogen and oxygen atoms in total. The molecule has 0 bridgehead atoms. The van der Waals surface area contributed by atoms with Crippen LogP contribution >= 0.6 is 0 Å². The fourth-order valence-corrected chi connectivity index (χ4v) is 12.6. The molecule has 2 atom stereocenters. The molecule has 0 saturated heterocycles. The number of carboxylic acid groups (broad SMARTS) is 1. The Hall–Kier alpha value is -2.49. The van der Waals surface area contributed by atoms with Gasteiger partial charge in [-0.2, -0.15) is 0 Å². The largest absolute Gasteiger partial charge is 0.477 e. The first kappa shape index (κ1) is 90.5. The summed E-state index contributed by atoms with van der Waals surface area (Å²) in [7, 11) is 6.00. The van der Waals surface area contributed by atoms with Gasteiger partial charge in [-0.1, -0.05) is 397 Å². The fourth-order valence-electron chi connectivity index (χ4n) is 12.6. The molecule has 0 aromatic carbocycles. The summed E-state index contributed by atoms with van der Waals surface area (Å²) in [5, 5.41) is 9.77. The van der Waals surface area contributed by atoms with E-state index < -0.39 is 18.4 Å². The number of carbonyl (C=O) groups is 3. The van der Waals surface area contributed by atoms with Crippen molar-refractivity contribution in [1.82, 2.24) is 0 Å². The minimum absolute atomic E-state index is 0.174. The van der Waals surface area contributed by atoms with Crippen LogP contribution in [-0.2, 0) is 33.3 Å². The Bertz CT molecular complexity index is 1620. The Morgan fingerprint density at radius 2 is 0.581 bits per heavy atom. The summed E-state index contributed by atoms with van der Waals surface area (Å²) in [6, 6.07) is 0. The van der Waals surface area contributed by atoms with Crippen molar-refractivity contribution in [1.29, 1.82) is 0 Å². The summed E-state index contributed by atoms with van der Waals surface area (Å²) in [5.41, 5.74) is 0. The van der Waals surface area contributed by atoms with E-state index in [1.54, 1.807) is 0 Å². The van der Waals surface area contributed by atoms with Crippen LogP contribution in [0.25, 0.3) is 0 Å². The maximum atomic E-state index is 13.0. The summed E-state index contributed by atoms with van der Waals surface area (Å²) >= 11 is 0. The minimum Gasteiger partial charge on any atom is -0.477 e. The average molecular weight is 1310 g/mol. The number of aliphatic carboxylic acids is 1. The van der Waals surface area contributed by atoms with E-state index in [-0.39, 0.29) is 38.2 Å². The van der Waals surface area contributed by atoms with Gasteiger partial charge < -0.3 is 28.5 Å². The number of ether oxygens (including phenoxy) is 4. The van der Waals surface area contributed by atoms with Gasteiger partial charge in [-0.15, -0.1) is 0 Å². The van der Waals surface area contributed by atoms with Crippen LogP contribution in [0.1, 0.15) is 425 Å². The molecule has 0 rings (SSSR count). The lowest BCUT2D eigenvalue weighted by Gasteiger charge is -2.25. The molecular formula is C84H160NO8+. The lowest BCUT2D eigenvalue weighted by atomic mass is 10.0. The molecule has 0 aromatic heterocycles. The van der Waals surface area contributed by atoms with Gasteiger partial charge >= 0.3 is 17.9 Å². The molecule has 93 heavy (non-hydrogen) atoms. The highest BCUT2D eigenvalue weighted by Crippen LogP contribution is 2.20. The summed E-state index contributed by atoms with van der Waals surface area (Å²) in [4.78, 5) is 37.7. The zero-order valence-electron chi connectivity index (χ0n) is 63.0. The number of allylic oxidation sites excluding steroid dienone is 6. The second kappa shape index (κ2) is 75.3. The van der Waals surface area contributed by atoms with Crippen LogP contribution in [0.4, 0.5) is 0 Å². The summed E-state index contributed by atoms with van der Waals surface area (Å²) in [6.45, 7) is 4.95. The molecule has 0 spiro atoms. The Labute approximate surface area is 579 Å². The lowest BCUT2D eigenvalue weighted by molar-refractivity contribution is -0.870. The van der Waals surface area contributed by atoms with Gasteiger partial charge in [0.15, 0.2) is 6.10 Å². The van der Waals surface area contributed by atoms with Crippen LogP contribution in [0, 0.1) is 0 Å². The van der Waals surface area contributed by atoms with Crippen molar-refractivity contribution in [2.45, 2.75) is 437 Å². The van der Waals surface area contributed by atoms with Crippen molar-refractivity contribution < 1.29 is 42.9 Å². The van der Waals surface area contributed by atoms with Gasteiger partial charge in [0.25, 0.3) is 6.29 Å². The molecule has 548 valence electrons. The number of carbonyl (C=O) groups excluding carboxylic acids is 2. The predicted molar refractivity (Wildman–Crippen MR) is 401 cm³/mol. The van der Waals surface area contributed by atoms with E-state index >= 15 is 0 Å². The summed E-state index contributed by atoms with van der Waals surface area (Å²) < 4.78 is 23.1. The maximum absolute atomic E-state index is 13.0. The van der Waals surface area contributed by atoms with Crippen molar-refractivity contribution in [2.24, 2.45) is 0 Å². The van der Waals surface area contributed by atoms with E-state index in [2.05, 4.69) is 50.3 Å². The van der Waals surface area contributed by atoms with E-state index in [1.807, 2.05) is 21.1 Å². The molecule has 0 aromatic rings. The van der Waals surface area contributed by atoms with Gasteiger partial charge in [0.05, 0.1) is 34.4 Å². The molecule has 2 unspecified atom stereocenters. The molecule has 0 aliphatic rings. The van der Waals surface area contributed by atoms with Crippen LogP contribution in [0.3, 0.4) is 0 Å². The smallest absolute Gasteiger partial charge is 0.361 e. The van der Waals surface area contributed by atoms with E-state index in [0.29, 0.717) is 17.4 Å². The number of unbranched alkanes of at least 4 members (excludes halogenated alkanes) is 57. The van der Waals surface area contributed by atoms with Crippen molar-refractivity contribution in [3.05, 3.63) is 36.5 Å². The SMILES string of the molecule is CCCCCCC/C=C\C/C=C\C/C=C\CCCCCCCCCCCCCCCCCCCCCCCCCCCCC(=O)OC(COC(=O)CCCCCCCCCCCCCCCCCCCCCCCCCCCCC)COC(OCC[N+](C)(C)C)C(=O)O. The monoisotopic (exact) mass is 1310 g/mol. The fraction of sp³-hybridized carbons (Fsp3) is 0.893. The molecule has 0 heterocycles. The summed E-state index contributed by atoms with van der Waals surface area (Å²) in [6.07, 6.45) is 94.6. The minimum atomic E-state index is -1.51. The molecule has 1 N–H and O–H groups in total. The predicted octanol–water partition coefficient (Wildman–Crippen LogP) is 26.3. The number of likely N-dealkylation sites (N-methyl/N-ethyl adjacent to an activating group) is 1. The van der Waals surface area contributed by atoms with Crippen molar-refractivity contribution >= 4 is 17.9 Å². The second-order valence-electron chi connectivity index (χ2n) is 29.4. The van der Waals surface area contributed by atoms with Gasteiger partial charge in [-0.25, -0.2) is 4.79 Å². The van der Waals surface area contributed by atoms with Crippen LogP contribution in [0.5, 0.6) is 0 Å². The van der Waals surface area contributed by atoms with Gasteiger partial charge in [0.1, 0.15) is 13.2 Å². The Kier molecular flexibility index (Phi) is 73.3. The zero-order valence-corrected chi connectivity index (χ0v) is 63.0. The number of quaternary nitrogens is 1. The van der Waals surface area contributed by atoms with Gasteiger partial charge in [0.2, 0.25) is 0 Å². The quantitative estimate of drug-likeness (QED) is 0.0211. The molecular weight excluding hydrogens is 1150 g/mol. The van der Waals surface area contributed by atoms with Gasteiger partial charge in [-0.3, -0.25) is 9.59 Å². The third-order valence-corrected chi connectivity index (χ3v) is 18.9. The highest BCUT2D eigenvalue weighted by Gasteiger charge is 2.25. The van der Waals surface area contributed by atoms with Crippen molar-refractivity contribution in [3.8, 4) is 0 Å². The molecule has 9 heteroatoms. The number of esters is 2. The third-order valence-electron chi connectivity index (χ3n) is 18.9. The van der Waals surface area contributed by atoms with E-state index in [4.69, 9.17) is 18.9 Å². The Morgan fingerprint density at radius 3 is 0.860 bits per heavy atom. The molecule has 0 aliphatic heterocycles. The standard InChI is InChI=1S/C84H159NO8/c1-6-8-10-12-14-16-18-20-22-24-26-28-30-32-34-35-36-37-38-39-40-41-42-43-44-45-46-47-49-51-53-55-57-59-61-63-65-67-69-71-73-75-82(87)93-80(79-92-84(83(88)89)90-77-76-85(3,4)5)78-91-81(86)74-72-70-68-66-64-62-60-58-56-54-52-50-48-33-31-29-27-25-23-21-19-17-15-13-11-9-7-2/h18,20,24,26,30,32,80,84H,6-17,19,21-23,25,27-29,31,33-79H2,1-5H3/p+1/b20-18-,26-24-,32-30-. The summed E-state index contributed by atoms with van der Waals surface area (Å²) in [5.74, 6) is -1.97. The number of hydrogen-bond donors (Lipinski definition) is 1. The number of carboxylic acids is 1. The second-order valence-corrected chi connectivity index (χ2v) is 29.4. The highest BCUT2D eigenvalue weighted by molar-refractivity contribution is 5.71. The van der Waals surface area contributed by atoms with E-state index in [0.717, 1.165) is 51.4 Å². The third kappa shape index (κ3) is 76.7. The molecule has 0 amide bonds. The van der Waals surface area contributed by atoms with Gasteiger partial charge in [0, 0.05) is 12.8 Å².